The van der Waals surface area contributed by atoms with Crippen molar-refractivity contribution in [1.29, 1.82) is 0 Å². The molecule has 0 aliphatic heterocycles. The Kier molecular flexibility index (Phi) is 4.48. The van der Waals surface area contributed by atoms with Gasteiger partial charge in [0.1, 0.15) is 5.82 Å². The summed E-state index contributed by atoms with van der Waals surface area (Å²) in [5.74, 6) is 0.417. The van der Waals surface area contributed by atoms with Crippen LogP contribution in [0.25, 0.3) is 0 Å². The van der Waals surface area contributed by atoms with Crippen LogP contribution in [0.3, 0.4) is 0 Å². The van der Waals surface area contributed by atoms with Crippen molar-refractivity contribution in [2.45, 2.75) is 19.9 Å². The molecule has 0 saturated carbocycles. The van der Waals surface area contributed by atoms with E-state index in [2.05, 4.69) is 0 Å². The maximum absolute atomic E-state index is 14.3. The Bertz CT molecular complexity index is 655. The lowest BCUT2D eigenvalue weighted by Crippen LogP contribution is -2.15. The first-order chi connectivity index (χ1) is 9.97. The average molecular weight is 289 g/mol. The third kappa shape index (κ3) is 3.00. The molecule has 0 aliphatic rings. The van der Waals surface area contributed by atoms with Gasteiger partial charge in [0, 0.05) is 11.6 Å². The minimum absolute atomic E-state index is 0.353. The van der Waals surface area contributed by atoms with Crippen molar-refractivity contribution in [3.63, 3.8) is 0 Å². The summed E-state index contributed by atoms with van der Waals surface area (Å²) in [6.07, 6.45) is 0. The Labute approximate surface area is 124 Å². The minimum Gasteiger partial charge on any atom is -0.493 e. The highest BCUT2D eigenvalue weighted by atomic mass is 19.1. The fraction of sp³-hybridized carbons (Fsp3) is 0.294. The van der Waals surface area contributed by atoms with Crippen molar-refractivity contribution >= 4 is 0 Å². The molecule has 2 N–H and O–H groups in total. The maximum atomic E-state index is 14.3. The van der Waals surface area contributed by atoms with E-state index in [9.17, 15) is 4.39 Å². The lowest BCUT2D eigenvalue weighted by molar-refractivity contribution is 0.351. The summed E-state index contributed by atoms with van der Waals surface area (Å²) >= 11 is 0. The van der Waals surface area contributed by atoms with Crippen molar-refractivity contribution in [2.24, 2.45) is 5.73 Å². The zero-order valence-corrected chi connectivity index (χ0v) is 12.7. The Balaban J connectivity index is 2.50. The van der Waals surface area contributed by atoms with Gasteiger partial charge >= 0.3 is 0 Å². The smallest absolute Gasteiger partial charge is 0.163 e. The van der Waals surface area contributed by atoms with Gasteiger partial charge in [-0.1, -0.05) is 23.8 Å². The fourth-order valence-corrected chi connectivity index (χ4v) is 2.45. The van der Waals surface area contributed by atoms with Crippen LogP contribution >= 0.6 is 0 Å². The molecule has 4 heteroatoms. The molecule has 0 heterocycles. The first-order valence-electron chi connectivity index (χ1n) is 6.72. The molecule has 0 saturated heterocycles. The first kappa shape index (κ1) is 15.3. The number of nitrogens with two attached hydrogens (primary N) is 1. The predicted octanol–water partition coefficient (Wildman–Crippen LogP) is 3.51. The summed E-state index contributed by atoms with van der Waals surface area (Å²) in [5, 5.41) is 0. The normalized spacial score (nSPS) is 12.1. The van der Waals surface area contributed by atoms with E-state index in [1.807, 2.05) is 32.0 Å². The van der Waals surface area contributed by atoms with Crippen LogP contribution in [0.1, 0.15) is 28.3 Å². The average Bonchev–Trinajstić information content (AvgIpc) is 2.46. The van der Waals surface area contributed by atoms with Gasteiger partial charge in [-0.25, -0.2) is 4.39 Å². The minimum atomic E-state index is -0.551. The fourth-order valence-electron chi connectivity index (χ4n) is 2.45. The van der Waals surface area contributed by atoms with E-state index in [1.54, 1.807) is 6.07 Å². The van der Waals surface area contributed by atoms with E-state index in [0.29, 0.717) is 17.1 Å². The number of aryl methyl sites for hydroxylation is 2. The Morgan fingerprint density at radius 3 is 2.14 bits per heavy atom. The Morgan fingerprint density at radius 1 is 0.952 bits per heavy atom. The van der Waals surface area contributed by atoms with Crippen LogP contribution in [0.2, 0.25) is 0 Å². The van der Waals surface area contributed by atoms with Gasteiger partial charge < -0.3 is 15.2 Å². The van der Waals surface area contributed by atoms with E-state index in [-0.39, 0.29) is 0 Å². The van der Waals surface area contributed by atoms with Crippen molar-refractivity contribution in [3.8, 4) is 11.5 Å². The van der Waals surface area contributed by atoms with Crippen molar-refractivity contribution in [1.82, 2.24) is 0 Å². The number of benzene rings is 2. The van der Waals surface area contributed by atoms with Gasteiger partial charge in [0.2, 0.25) is 0 Å². The molecule has 1 unspecified atom stereocenters. The quantitative estimate of drug-likeness (QED) is 0.936. The number of hydrogen-bond acceptors (Lipinski definition) is 3. The predicted molar refractivity (Wildman–Crippen MR) is 81.5 cm³/mol. The van der Waals surface area contributed by atoms with Crippen LogP contribution in [0.15, 0.2) is 30.3 Å². The molecule has 2 rings (SSSR count). The van der Waals surface area contributed by atoms with Crippen molar-refractivity contribution < 1.29 is 13.9 Å². The topological polar surface area (TPSA) is 44.5 Å². The molecule has 0 aliphatic carbocycles. The lowest BCUT2D eigenvalue weighted by atomic mass is 9.94. The van der Waals surface area contributed by atoms with E-state index in [4.69, 9.17) is 15.2 Å². The molecular weight excluding hydrogens is 269 g/mol. The van der Waals surface area contributed by atoms with Gasteiger partial charge in [-0.15, -0.1) is 0 Å². The van der Waals surface area contributed by atoms with Gasteiger partial charge in [0.05, 0.1) is 20.3 Å². The van der Waals surface area contributed by atoms with Gasteiger partial charge in [-0.3, -0.25) is 0 Å². The van der Waals surface area contributed by atoms with Gasteiger partial charge in [-0.2, -0.15) is 0 Å². The standard InChI is InChI=1S/C17H20FNO2/c1-10-5-6-12(11(2)7-10)17(19)13-8-15(20-3)16(21-4)9-14(13)18/h5-9,17H,19H2,1-4H3. The lowest BCUT2D eigenvalue weighted by Gasteiger charge is -2.18. The third-order valence-electron chi connectivity index (χ3n) is 3.60. The third-order valence-corrected chi connectivity index (χ3v) is 3.60. The molecule has 0 radical (unpaired) electrons. The summed E-state index contributed by atoms with van der Waals surface area (Å²) in [7, 11) is 2.99. The number of methoxy groups -OCH3 is 2. The Hall–Kier alpha value is -2.07. The van der Waals surface area contributed by atoms with E-state index in [0.717, 1.165) is 16.7 Å². The van der Waals surface area contributed by atoms with Crippen LogP contribution in [0.4, 0.5) is 4.39 Å². The SMILES string of the molecule is COc1cc(F)c(C(N)c2ccc(C)cc2C)cc1OC. The molecule has 0 bridgehead atoms. The van der Waals surface area contributed by atoms with Crippen LogP contribution < -0.4 is 15.2 Å². The molecule has 0 spiro atoms. The summed E-state index contributed by atoms with van der Waals surface area (Å²) in [6.45, 7) is 3.99. The van der Waals surface area contributed by atoms with E-state index < -0.39 is 11.9 Å². The molecule has 1 atom stereocenters. The van der Waals surface area contributed by atoms with Crippen LogP contribution in [-0.4, -0.2) is 14.2 Å². The number of hydrogen-bond donors (Lipinski definition) is 1. The summed E-state index contributed by atoms with van der Waals surface area (Å²) < 4.78 is 24.6. The highest BCUT2D eigenvalue weighted by Gasteiger charge is 2.19. The second-order valence-electron chi connectivity index (χ2n) is 5.07. The van der Waals surface area contributed by atoms with Crippen LogP contribution in [-0.2, 0) is 0 Å². The monoisotopic (exact) mass is 289 g/mol. The Morgan fingerprint density at radius 2 is 1.57 bits per heavy atom. The summed E-state index contributed by atoms with van der Waals surface area (Å²) in [5.41, 5.74) is 9.72. The maximum Gasteiger partial charge on any atom is 0.163 e. The zero-order chi connectivity index (χ0) is 15.6. The molecular formula is C17H20FNO2. The molecule has 112 valence electrons. The van der Waals surface area contributed by atoms with E-state index in [1.165, 1.54) is 20.3 Å². The highest BCUT2D eigenvalue weighted by molar-refractivity contribution is 5.47. The van der Waals surface area contributed by atoms with Crippen LogP contribution in [0.5, 0.6) is 11.5 Å². The molecule has 2 aromatic rings. The number of rotatable bonds is 4. The summed E-state index contributed by atoms with van der Waals surface area (Å²) in [6, 6.07) is 8.29. The largest absolute Gasteiger partial charge is 0.493 e. The molecule has 0 fully saturated rings. The highest BCUT2D eigenvalue weighted by Crippen LogP contribution is 2.34. The van der Waals surface area contributed by atoms with Crippen LogP contribution in [0, 0.1) is 19.7 Å². The van der Waals surface area contributed by atoms with Crippen molar-refractivity contribution in [2.75, 3.05) is 14.2 Å². The molecule has 21 heavy (non-hydrogen) atoms. The number of ether oxygens (including phenoxy) is 2. The molecule has 0 aromatic heterocycles. The van der Waals surface area contributed by atoms with Crippen molar-refractivity contribution in [3.05, 3.63) is 58.4 Å². The molecule has 3 nitrogen and oxygen atoms in total. The van der Waals surface area contributed by atoms with Gasteiger partial charge in [0.25, 0.3) is 0 Å². The zero-order valence-electron chi connectivity index (χ0n) is 12.7. The second kappa shape index (κ2) is 6.14. The van der Waals surface area contributed by atoms with Gasteiger partial charge in [0.15, 0.2) is 11.5 Å². The second-order valence-corrected chi connectivity index (χ2v) is 5.07. The number of halogens is 1. The van der Waals surface area contributed by atoms with Gasteiger partial charge in [-0.05, 0) is 31.0 Å². The first-order valence-corrected chi connectivity index (χ1v) is 6.72. The molecule has 2 aromatic carbocycles. The van der Waals surface area contributed by atoms with E-state index >= 15 is 0 Å². The molecule has 0 amide bonds. The summed E-state index contributed by atoms with van der Waals surface area (Å²) in [4.78, 5) is 0.